The van der Waals surface area contributed by atoms with Gasteiger partial charge in [-0.3, -0.25) is 9.59 Å². The summed E-state index contributed by atoms with van der Waals surface area (Å²) in [6.45, 7) is 2.15. The number of Topliss-reactive ketones (excluding diaryl/α,β-unsaturated/α-hetero) is 1. The summed E-state index contributed by atoms with van der Waals surface area (Å²) in [7, 11) is 4.09. The van der Waals surface area contributed by atoms with Gasteiger partial charge in [0.25, 0.3) is 0 Å². The Morgan fingerprint density at radius 1 is 0.893 bits per heavy atom. The molecule has 0 aromatic heterocycles. The van der Waals surface area contributed by atoms with Crippen LogP contribution in [0.15, 0.2) is 60.7 Å². The van der Waals surface area contributed by atoms with Crippen LogP contribution in [0.1, 0.15) is 50.2 Å². The molecule has 0 aliphatic carbocycles. The average molecular weight is 381 g/mol. The van der Waals surface area contributed by atoms with Crippen molar-refractivity contribution >= 4 is 11.7 Å². The van der Waals surface area contributed by atoms with Crippen molar-refractivity contribution in [3.63, 3.8) is 0 Å². The molecule has 0 saturated heterocycles. The van der Waals surface area contributed by atoms with Crippen molar-refractivity contribution in [2.45, 2.75) is 50.5 Å². The van der Waals surface area contributed by atoms with Crippen LogP contribution in [0.2, 0.25) is 0 Å². The highest BCUT2D eigenvalue weighted by Crippen LogP contribution is 2.40. The predicted molar refractivity (Wildman–Crippen MR) is 114 cm³/mol. The first-order valence-corrected chi connectivity index (χ1v) is 9.97. The van der Waals surface area contributed by atoms with Crippen molar-refractivity contribution in [1.29, 1.82) is 0 Å². The van der Waals surface area contributed by atoms with E-state index in [1.165, 1.54) is 0 Å². The number of nitrogens with two attached hydrogens (primary N) is 1. The molecule has 0 spiro atoms. The number of hydrogen-bond acceptors (Lipinski definition) is 3. The number of carbonyl (C=O) groups excluding carboxylic acids is 2. The maximum Gasteiger partial charge on any atom is 0.217 e. The fourth-order valence-electron chi connectivity index (χ4n) is 3.71. The van der Waals surface area contributed by atoms with E-state index < -0.39 is 5.41 Å². The van der Waals surface area contributed by atoms with Gasteiger partial charge in [0.2, 0.25) is 5.91 Å². The van der Waals surface area contributed by atoms with E-state index in [-0.39, 0.29) is 17.7 Å². The van der Waals surface area contributed by atoms with Crippen LogP contribution in [0.3, 0.4) is 0 Å². The van der Waals surface area contributed by atoms with Crippen molar-refractivity contribution in [3.8, 4) is 0 Å². The number of hydrogen-bond donors (Lipinski definition) is 1. The minimum absolute atomic E-state index is 0.197. The number of rotatable bonds is 11. The highest BCUT2D eigenvalue weighted by atomic mass is 16.1. The summed E-state index contributed by atoms with van der Waals surface area (Å²) in [6, 6.07) is 20.4. The van der Waals surface area contributed by atoms with Crippen LogP contribution in [0.5, 0.6) is 0 Å². The van der Waals surface area contributed by atoms with E-state index in [2.05, 4.69) is 36.1 Å². The molecule has 2 aromatic carbocycles. The first kappa shape index (κ1) is 21.8. The van der Waals surface area contributed by atoms with Gasteiger partial charge in [-0.2, -0.15) is 0 Å². The molecule has 4 nitrogen and oxygen atoms in total. The standard InChI is InChI=1S/C24H32N2O2/c1-19(26(2)3)18-24(20-12-6-4-7-13-20,21-14-8-5-9-15-21)22(27)16-10-11-17-23(25)28/h4-9,12-15,19H,10-11,16-18H2,1-3H3,(H2,25,28). The lowest BCUT2D eigenvalue weighted by Gasteiger charge is -2.38. The Balaban J connectivity index is 2.47. The first-order valence-electron chi connectivity index (χ1n) is 9.97. The lowest BCUT2D eigenvalue weighted by Crippen LogP contribution is -2.43. The summed E-state index contributed by atoms with van der Waals surface area (Å²) in [5.41, 5.74) is 6.58. The van der Waals surface area contributed by atoms with E-state index >= 15 is 0 Å². The van der Waals surface area contributed by atoms with E-state index in [0.29, 0.717) is 32.1 Å². The van der Waals surface area contributed by atoms with E-state index in [4.69, 9.17) is 5.73 Å². The molecule has 2 N–H and O–H groups in total. The Hall–Kier alpha value is -2.46. The number of benzene rings is 2. The molecular formula is C24H32N2O2. The number of amides is 1. The molecule has 0 bridgehead atoms. The van der Waals surface area contributed by atoms with Gasteiger partial charge in [0.15, 0.2) is 0 Å². The molecule has 0 fully saturated rings. The van der Waals surface area contributed by atoms with E-state index in [1.807, 2.05) is 50.5 Å². The Morgan fingerprint density at radius 3 is 1.79 bits per heavy atom. The van der Waals surface area contributed by atoms with Crippen LogP contribution >= 0.6 is 0 Å². The van der Waals surface area contributed by atoms with Gasteiger partial charge in [0.1, 0.15) is 5.78 Å². The molecular weight excluding hydrogens is 348 g/mol. The minimum atomic E-state index is -0.709. The molecule has 4 heteroatoms. The van der Waals surface area contributed by atoms with Crippen LogP contribution in [0, 0.1) is 0 Å². The molecule has 2 aromatic rings. The predicted octanol–water partition coefficient (Wildman–Crippen LogP) is 3.93. The Labute approximate surface area is 168 Å². The van der Waals surface area contributed by atoms with Gasteiger partial charge in [0.05, 0.1) is 5.41 Å². The molecule has 150 valence electrons. The van der Waals surface area contributed by atoms with Gasteiger partial charge in [0, 0.05) is 18.9 Å². The maximum absolute atomic E-state index is 13.7. The normalized spacial score (nSPS) is 12.7. The monoisotopic (exact) mass is 380 g/mol. The average Bonchev–Trinajstić information content (AvgIpc) is 2.70. The number of primary amides is 1. The third-order valence-electron chi connectivity index (χ3n) is 5.57. The van der Waals surface area contributed by atoms with Gasteiger partial charge in [-0.25, -0.2) is 0 Å². The Kier molecular flexibility index (Phi) is 7.94. The summed E-state index contributed by atoms with van der Waals surface area (Å²) in [6.07, 6.45) is 2.76. The molecule has 1 unspecified atom stereocenters. The summed E-state index contributed by atoms with van der Waals surface area (Å²) >= 11 is 0. The molecule has 0 aliphatic heterocycles. The third-order valence-corrected chi connectivity index (χ3v) is 5.57. The van der Waals surface area contributed by atoms with E-state index in [1.54, 1.807) is 0 Å². The van der Waals surface area contributed by atoms with E-state index in [9.17, 15) is 9.59 Å². The molecule has 1 atom stereocenters. The zero-order valence-corrected chi connectivity index (χ0v) is 17.2. The SMILES string of the molecule is CC(CC(C(=O)CCCCC(N)=O)(c1ccccc1)c1ccccc1)N(C)C. The number of carbonyl (C=O) groups is 2. The topological polar surface area (TPSA) is 63.4 Å². The summed E-state index contributed by atoms with van der Waals surface area (Å²) in [5.74, 6) is -0.117. The lowest BCUT2D eigenvalue weighted by molar-refractivity contribution is -0.124. The Morgan fingerprint density at radius 2 is 1.36 bits per heavy atom. The van der Waals surface area contributed by atoms with Crippen molar-refractivity contribution in [2.75, 3.05) is 14.1 Å². The molecule has 0 aliphatic rings. The van der Waals surface area contributed by atoms with Crippen molar-refractivity contribution in [2.24, 2.45) is 5.73 Å². The molecule has 0 saturated carbocycles. The zero-order valence-electron chi connectivity index (χ0n) is 17.2. The van der Waals surface area contributed by atoms with Crippen molar-refractivity contribution in [1.82, 2.24) is 4.90 Å². The summed E-state index contributed by atoms with van der Waals surface area (Å²) in [5, 5.41) is 0. The van der Waals surface area contributed by atoms with Gasteiger partial charge in [-0.05, 0) is 51.4 Å². The van der Waals surface area contributed by atoms with Crippen LogP contribution in [0.25, 0.3) is 0 Å². The summed E-state index contributed by atoms with van der Waals surface area (Å²) < 4.78 is 0. The van der Waals surface area contributed by atoms with Crippen LogP contribution in [0.4, 0.5) is 0 Å². The summed E-state index contributed by atoms with van der Waals surface area (Å²) in [4.78, 5) is 26.9. The molecule has 1 amide bonds. The van der Waals surface area contributed by atoms with Crippen molar-refractivity contribution in [3.05, 3.63) is 71.8 Å². The number of nitrogens with zero attached hydrogens (tertiary/aromatic N) is 1. The van der Waals surface area contributed by atoms with Gasteiger partial charge >= 0.3 is 0 Å². The number of ketones is 1. The maximum atomic E-state index is 13.7. The van der Waals surface area contributed by atoms with Gasteiger partial charge in [-0.1, -0.05) is 60.7 Å². The van der Waals surface area contributed by atoms with Gasteiger partial charge < -0.3 is 10.6 Å². The second kappa shape index (κ2) is 10.2. The highest BCUT2D eigenvalue weighted by Gasteiger charge is 2.42. The molecule has 0 heterocycles. The first-order chi connectivity index (χ1) is 13.4. The highest BCUT2D eigenvalue weighted by molar-refractivity contribution is 5.94. The van der Waals surface area contributed by atoms with Crippen LogP contribution in [-0.4, -0.2) is 36.7 Å². The van der Waals surface area contributed by atoms with E-state index in [0.717, 1.165) is 11.1 Å². The smallest absolute Gasteiger partial charge is 0.217 e. The van der Waals surface area contributed by atoms with Crippen LogP contribution in [-0.2, 0) is 15.0 Å². The Bertz CT molecular complexity index is 717. The number of unbranched alkanes of at least 4 members (excludes halogenated alkanes) is 1. The van der Waals surface area contributed by atoms with Crippen LogP contribution < -0.4 is 5.73 Å². The van der Waals surface area contributed by atoms with Gasteiger partial charge in [-0.15, -0.1) is 0 Å². The quantitative estimate of drug-likeness (QED) is 0.601. The lowest BCUT2D eigenvalue weighted by atomic mass is 9.66. The fourth-order valence-corrected chi connectivity index (χ4v) is 3.71. The third kappa shape index (κ3) is 5.29. The second-order valence-electron chi connectivity index (χ2n) is 7.75. The molecule has 0 radical (unpaired) electrons. The molecule has 2 rings (SSSR count). The van der Waals surface area contributed by atoms with Crippen molar-refractivity contribution < 1.29 is 9.59 Å². The molecule has 28 heavy (non-hydrogen) atoms. The fraction of sp³-hybridized carbons (Fsp3) is 0.417. The zero-order chi connectivity index (χ0) is 20.6. The minimum Gasteiger partial charge on any atom is -0.370 e. The largest absolute Gasteiger partial charge is 0.370 e. The second-order valence-corrected chi connectivity index (χ2v) is 7.75.